The Hall–Kier alpha value is -1.42. The fourth-order valence-electron chi connectivity index (χ4n) is 2.36. The van der Waals surface area contributed by atoms with E-state index in [1.54, 1.807) is 6.20 Å². The molecule has 0 saturated heterocycles. The second kappa shape index (κ2) is 4.45. The van der Waals surface area contributed by atoms with Gasteiger partial charge in [-0.2, -0.15) is 0 Å². The number of nitrogens with two attached hydrogens (primary N) is 1. The van der Waals surface area contributed by atoms with Gasteiger partial charge in [-0.25, -0.2) is 0 Å². The van der Waals surface area contributed by atoms with Crippen molar-refractivity contribution in [2.45, 2.75) is 26.2 Å². The summed E-state index contributed by atoms with van der Waals surface area (Å²) in [4.78, 5) is 15.8. The Labute approximate surface area is 101 Å². The van der Waals surface area contributed by atoms with Crippen LogP contribution in [0.3, 0.4) is 0 Å². The summed E-state index contributed by atoms with van der Waals surface area (Å²) in [7, 11) is 0. The molecule has 0 aromatic carbocycles. The molecule has 0 radical (unpaired) electrons. The van der Waals surface area contributed by atoms with Crippen LogP contribution in [0.15, 0.2) is 18.3 Å². The van der Waals surface area contributed by atoms with E-state index >= 15 is 0 Å². The van der Waals surface area contributed by atoms with Gasteiger partial charge in [0, 0.05) is 24.9 Å². The van der Waals surface area contributed by atoms with Crippen LogP contribution in [0.2, 0.25) is 0 Å². The summed E-state index contributed by atoms with van der Waals surface area (Å²) in [5.41, 5.74) is 6.81. The van der Waals surface area contributed by atoms with Crippen molar-refractivity contribution in [1.29, 1.82) is 0 Å². The maximum atomic E-state index is 11.5. The van der Waals surface area contributed by atoms with Gasteiger partial charge in [0.1, 0.15) is 0 Å². The van der Waals surface area contributed by atoms with E-state index in [9.17, 15) is 9.90 Å². The SMILES string of the molecule is Cc1cccnc1CC(CN)(C(=O)O)C1CC1. The predicted octanol–water partition coefficient (Wildman–Crippen LogP) is 1.37. The molecule has 92 valence electrons. The molecule has 0 spiro atoms. The van der Waals surface area contributed by atoms with Gasteiger partial charge in [-0.05, 0) is 37.3 Å². The van der Waals surface area contributed by atoms with Crippen LogP contribution in [0.25, 0.3) is 0 Å². The van der Waals surface area contributed by atoms with E-state index in [4.69, 9.17) is 5.73 Å². The monoisotopic (exact) mass is 234 g/mol. The topological polar surface area (TPSA) is 76.2 Å². The zero-order valence-corrected chi connectivity index (χ0v) is 10.0. The highest BCUT2D eigenvalue weighted by atomic mass is 16.4. The number of carbonyl (C=O) groups is 1. The lowest BCUT2D eigenvalue weighted by Crippen LogP contribution is -2.43. The molecule has 0 bridgehead atoms. The summed E-state index contributed by atoms with van der Waals surface area (Å²) in [6, 6.07) is 3.82. The fraction of sp³-hybridized carbons (Fsp3) is 0.538. The van der Waals surface area contributed by atoms with Crippen LogP contribution >= 0.6 is 0 Å². The molecule has 1 aromatic rings. The zero-order valence-electron chi connectivity index (χ0n) is 10.0. The molecule has 1 fully saturated rings. The summed E-state index contributed by atoms with van der Waals surface area (Å²) in [5.74, 6) is -0.570. The molecule has 1 heterocycles. The summed E-state index contributed by atoms with van der Waals surface area (Å²) in [6.07, 6.45) is 4.08. The highest BCUT2D eigenvalue weighted by molar-refractivity contribution is 5.76. The van der Waals surface area contributed by atoms with Crippen molar-refractivity contribution in [2.24, 2.45) is 17.1 Å². The summed E-state index contributed by atoms with van der Waals surface area (Å²) in [6.45, 7) is 2.14. The van der Waals surface area contributed by atoms with Crippen molar-refractivity contribution in [3.63, 3.8) is 0 Å². The third kappa shape index (κ3) is 2.17. The van der Waals surface area contributed by atoms with Gasteiger partial charge in [-0.3, -0.25) is 9.78 Å². The average molecular weight is 234 g/mol. The zero-order chi connectivity index (χ0) is 12.5. The van der Waals surface area contributed by atoms with E-state index in [0.29, 0.717) is 6.42 Å². The minimum absolute atomic E-state index is 0.184. The van der Waals surface area contributed by atoms with Crippen molar-refractivity contribution in [3.8, 4) is 0 Å². The van der Waals surface area contributed by atoms with Crippen molar-refractivity contribution in [2.75, 3.05) is 6.54 Å². The molecular formula is C13H18N2O2. The summed E-state index contributed by atoms with van der Waals surface area (Å²) < 4.78 is 0. The number of carboxylic acids is 1. The van der Waals surface area contributed by atoms with Crippen molar-refractivity contribution < 1.29 is 9.90 Å². The second-order valence-electron chi connectivity index (χ2n) is 4.88. The van der Waals surface area contributed by atoms with Crippen LogP contribution < -0.4 is 5.73 Å². The third-order valence-corrected chi connectivity index (χ3v) is 3.75. The normalized spacial score (nSPS) is 18.7. The molecule has 1 aromatic heterocycles. The number of nitrogens with zero attached hydrogens (tertiary/aromatic N) is 1. The molecule has 1 aliphatic rings. The lowest BCUT2D eigenvalue weighted by atomic mass is 9.77. The number of rotatable bonds is 5. The highest BCUT2D eigenvalue weighted by Crippen LogP contribution is 2.47. The Balaban J connectivity index is 2.30. The number of hydrogen-bond acceptors (Lipinski definition) is 3. The molecule has 0 aliphatic heterocycles. The van der Waals surface area contributed by atoms with E-state index in [2.05, 4.69) is 4.98 Å². The molecule has 1 saturated carbocycles. The number of pyridine rings is 1. The Morgan fingerprint density at radius 3 is 2.82 bits per heavy atom. The van der Waals surface area contributed by atoms with Crippen LogP contribution in [0.5, 0.6) is 0 Å². The molecule has 2 rings (SSSR count). The van der Waals surface area contributed by atoms with E-state index in [-0.39, 0.29) is 12.5 Å². The molecule has 3 N–H and O–H groups in total. The van der Waals surface area contributed by atoms with Gasteiger partial charge in [-0.15, -0.1) is 0 Å². The lowest BCUT2D eigenvalue weighted by Gasteiger charge is -2.28. The third-order valence-electron chi connectivity index (χ3n) is 3.75. The van der Waals surface area contributed by atoms with Gasteiger partial charge in [0.2, 0.25) is 0 Å². The maximum absolute atomic E-state index is 11.5. The maximum Gasteiger partial charge on any atom is 0.311 e. The number of aliphatic carboxylic acids is 1. The smallest absolute Gasteiger partial charge is 0.311 e. The lowest BCUT2D eigenvalue weighted by molar-refractivity contribution is -0.149. The molecule has 1 unspecified atom stereocenters. The van der Waals surface area contributed by atoms with Crippen LogP contribution in [-0.2, 0) is 11.2 Å². The highest BCUT2D eigenvalue weighted by Gasteiger charge is 2.50. The first-order chi connectivity index (χ1) is 8.10. The molecular weight excluding hydrogens is 216 g/mol. The molecule has 1 atom stereocenters. The Morgan fingerprint density at radius 2 is 2.35 bits per heavy atom. The number of carboxylic acid groups (broad SMARTS) is 1. The predicted molar refractivity (Wildman–Crippen MR) is 64.5 cm³/mol. The minimum atomic E-state index is -0.820. The number of hydrogen-bond donors (Lipinski definition) is 2. The second-order valence-corrected chi connectivity index (χ2v) is 4.88. The first-order valence-corrected chi connectivity index (χ1v) is 5.94. The fourth-order valence-corrected chi connectivity index (χ4v) is 2.36. The Kier molecular flexibility index (Phi) is 3.15. The summed E-state index contributed by atoms with van der Waals surface area (Å²) in [5, 5.41) is 9.48. The average Bonchev–Trinajstić information content (AvgIpc) is 3.12. The molecule has 4 nitrogen and oxygen atoms in total. The summed E-state index contributed by atoms with van der Waals surface area (Å²) >= 11 is 0. The molecule has 0 amide bonds. The van der Waals surface area contributed by atoms with Gasteiger partial charge in [0.25, 0.3) is 0 Å². The van der Waals surface area contributed by atoms with Gasteiger partial charge >= 0.3 is 5.97 Å². The van der Waals surface area contributed by atoms with E-state index in [1.165, 1.54) is 0 Å². The number of aryl methyl sites for hydroxylation is 1. The molecule has 17 heavy (non-hydrogen) atoms. The Morgan fingerprint density at radius 1 is 1.65 bits per heavy atom. The largest absolute Gasteiger partial charge is 0.481 e. The van der Waals surface area contributed by atoms with Gasteiger partial charge < -0.3 is 10.8 Å². The van der Waals surface area contributed by atoms with Gasteiger partial charge in [-0.1, -0.05) is 6.07 Å². The number of aromatic nitrogens is 1. The van der Waals surface area contributed by atoms with Crippen LogP contribution in [0, 0.1) is 18.3 Å². The molecule has 4 heteroatoms. The van der Waals surface area contributed by atoms with Gasteiger partial charge in [0.15, 0.2) is 0 Å². The minimum Gasteiger partial charge on any atom is -0.481 e. The quantitative estimate of drug-likeness (QED) is 0.806. The van der Waals surface area contributed by atoms with E-state index < -0.39 is 11.4 Å². The molecule has 1 aliphatic carbocycles. The van der Waals surface area contributed by atoms with E-state index in [1.807, 2.05) is 19.1 Å². The van der Waals surface area contributed by atoms with Crippen molar-refractivity contribution >= 4 is 5.97 Å². The van der Waals surface area contributed by atoms with Crippen LogP contribution in [-0.4, -0.2) is 22.6 Å². The van der Waals surface area contributed by atoms with Crippen molar-refractivity contribution in [3.05, 3.63) is 29.6 Å². The van der Waals surface area contributed by atoms with Crippen LogP contribution in [0.1, 0.15) is 24.1 Å². The Bertz CT molecular complexity index is 429. The van der Waals surface area contributed by atoms with Crippen LogP contribution in [0.4, 0.5) is 0 Å². The first kappa shape index (κ1) is 12.0. The standard InChI is InChI=1S/C13H18N2O2/c1-9-3-2-6-15-11(9)7-13(8-14,12(16)17)10-4-5-10/h2-3,6,10H,4-5,7-8,14H2,1H3,(H,16,17). The first-order valence-electron chi connectivity index (χ1n) is 5.94. The van der Waals surface area contributed by atoms with E-state index in [0.717, 1.165) is 24.1 Å². The van der Waals surface area contributed by atoms with Crippen molar-refractivity contribution in [1.82, 2.24) is 4.98 Å². The van der Waals surface area contributed by atoms with Gasteiger partial charge in [0.05, 0.1) is 5.41 Å².